The monoisotopic (exact) mass is 346 g/mol. The van der Waals surface area contributed by atoms with Gasteiger partial charge < -0.3 is 19.7 Å². The minimum Gasteiger partial charge on any atom is -0.497 e. The van der Waals surface area contributed by atoms with E-state index < -0.39 is 0 Å². The Labute approximate surface area is 148 Å². The molecule has 1 aliphatic carbocycles. The van der Waals surface area contributed by atoms with Crippen molar-refractivity contribution >= 4 is 11.8 Å². The maximum atomic E-state index is 12.7. The van der Waals surface area contributed by atoms with Crippen LogP contribution >= 0.6 is 0 Å². The summed E-state index contributed by atoms with van der Waals surface area (Å²) in [5.74, 6) is 0.930. The van der Waals surface area contributed by atoms with Crippen LogP contribution in [-0.4, -0.2) is 57.2 Å². The SMILES string of the molecule is COCCNC(=O)[C@@H]1CN(C(=O)C2CC2)C[C@H]1c1ccc(OC)cc1. The third-order valence-corrected chi connectivity index (χ3v) is 5.04. The van der Waals surface area contributed by atoms with Crippen LogP contribution in [-0.2, 0) is 14.3 Å². The molecule has 1 aromatic carbocycles. The average molecular weight is 346 g/mol. The molecule has 2 atom stereocenters. The molecule has 2 aliphatic rings. The number of likely N-dealkylation sites (tertiary alicyclic amines) is 1. The van der Waals surface area contributed by atoms with E-state index in [0.717, 1.165) is 24.2 Å². The van der Waals surface area contributed by atoms with Gasteiger partial charge in [0.25, 0.3) is 0 Å². The van der Waals surface area contributed by atoms with Gasteiger partial charge in [0.1, 0.15) is 5.75 Å². The number of hydrogen-bond acceptors (Lipinski definition) is 4. The average Bonchev–Trinajstić information content (AvgIpc) is 3.39. The van der Waals surface area contributed by atoms with E-state index in [1.54, 1.807) is 14.2 Å². The second-order valence-electron chi connectivity index (χ2n) is 6.79. The van der Waals surface area contributed by atoms with Crippen LogP contribution in [0.15, 0.2) is 24.3 Å². The number of benzene rings is 1. The molecule has 1 aromatic rings. The molecule has 1 aliphatic heterocycles. The predicted octanol–water partition coefficient (Wildman–Crippen LogP) is 1.41. The summed E-state index contributed by atoms with van der Waals surface area (Å²) in [6.45, 7) is 2.06. The molecule has 3 rings (SSSR count). The van der Waals surface area contributed by atoms with E-state index >= 15 is 0 Å². The van der Waals surface area contributed by atoms with E-state index in [9.17, 15) is 9.59 Å². The molecule has 0 spiro atoms. The summed E-state index contributed by atoms with van der Waals surface area (Å²) < 4.78 is 10.2. The number of hydrogen-bond donors (Lipinski definition) is 1. The molecule has 1 saturated heterocycles. The summed E-state index contributed by atoms with van der Waals surface area (Å²) in [6.07, 6.45) is 1.96. The van der Waals surface area contributed by atoms with Gasteiger partial charge in [0.05, 0.1) is 19.6 Å². The van der Waals surface area contributed by atoms with Gasteiger partial charge in [0.15, 0.2) is 0 Å². The predicted molar refractivity (Wildman–Crippen MR) is 93.4 cm³/mol. The number of carbonyl (C=O) groups excluding carboxylic acids is 2. The standard InChI is InChI=1S/C19H26N2O4/c1-24-10-9-20-18(22)17-12-21(19(23)14-3-4-14)11-16(17)13-5-7-15(25-2)8-6-13/h5-8,14,16-17H,3-4,9-12H2,1-2H3,(H,20,22)/t16-,17+/m0/s1. The fourth-order valence-electron chi connectivity index (χ4n) is 3.43. The van der Waals surface area contributed by atoms with Gasteiger partial charge in [-0.3, -0.25) is 9.59 Å². The molecule has 0 bridgehead atoms. The van der Waals surface area contributed by atoms with Crippen molar-refractivity contribution in [1.29, 1.82) is 0 Å². The first-order valence-corrected chi connectivity index (χ1v) is 8.83. The van der Waals surface area contributed by atoms with Crippen molar-refractivity contribution in [2.45, 2.75) is 18.8 Å². The van der Waals surface area contributed by atoms with Crippen molar-refractivity contribution in [3.8, 4) is 5.75 Å². The number of methoxy groups -OCH3 is 2. The summed E-state index contributed by atoms with van der Waals surface area (Å²) in [5.41, 5.74) is 1.07. The highest BCUT2D eigenvalue weighted by molar-refractivity contribution is 5.85. The lowest BCUT2D eigenvalue weighted by atomic mass is 9.88. The van der Waals surface area contributed by atoms with Crippen LogP contribution in [0.1, 0.15) is 24.3 Å². The lowest BCUT2D eigenvalue weighted by Crippen LogP contribution is -2.37. The van der Waals surface area contributed by atoms with Crippen LogP contribution < -0.4 is 10.1 Å². The summed E-state index contributed by atoms with van der Waals surface area (Å²) in [7, 11) is 3.24. The number of carbonyl (C=O) groups is 2. The van der Waals surface area contributed by atoms with E-state index in [-0.39, 0.29) is 29.6 Å². The van der Waals surface area contributed by atoms with Crippen molar-refractivity contribution in [3.05, 3.63) is 29.8 Å². The second kappa shape index (κ2) is 7.87. The van der Waals surface area contributed by atoms with Gasteiger partial charge in [-0.25, -0.2) is 0 Å². The quantitative estimate of drug-likeness (QED) is 0.758. The molecule has 0 radical (unpaired) electrons. The maximum absolute atomic E-state index is 12.7. The molecule has 2 fully saturated rings. The Bertz CT molecular complexity index is 612. The first kappa shape index (κ1) is 17.7. The molecule has 0 unspecified atom stereocenters. The molecule has 2 amide bonds. The topological polar surface area (TPSA) is 67.9 Å². The Morgan fingerprint density at radius 2 is 1.88 bits per heavy atom. The fourth-order valence-corrected chi connectivity index (χ4v) is 3.43. The molecule has 1 heterocycles. The highest BCUT2D eigenvalue weighted by Crippen LogP contribution is 2.38. The number of ether oxygens (including phenoxy) is 2. The zero-order chi connectivity index (χ0) is 17.8. The van der Waals surface area contributed by atoms with Crippen LogP contribution in [0.25, 0.3) is 0 Å². The van der Waals surface area contributed by atoms with Gasteiger partial charge in [0.2, 0.25) is 11.8 Å². The van der Waals surface area contributed by atoms with Crippen molar-refractivity contribution in [1.82, 2.24) is 10.2 Å². The second-order valence-corrected chi connectivity index (χ2v) is 6.79. The number of amides is 2. The first-order chi connectivity index (χ1) is 12.1. The number of nitrogens with one attached hydrogen (secondary N) is 1. The van der Waals surface area contributed by atoms with Gasteiger partial charge in [-0.05, 0) is 30.5 Å². The lowest BCUT2D eigenvalue weighted by molar-refractivity contribution is -0.132. The Balaban J connectivity index is 1.74. The molecule has 136 valence electrons. The Kier molecular flexibility index (Phi) is 5.58. The number of nitrogens with zero attached hydrogens (tertiary/aromatic N) is 1. The van der Waals surface area contributed by atoms with Gasteiger partial charge in [-0.2, -0.15) is 0 Å². The first-order valence-electron chi connectivity index (χ1n) is 8.83. The highest BCUT2D eigenvalue weighted by atomic mass is 16.5. The fraction of sp³-hybridized carbons (Fsp3) is 0.579. The Morgan fingerprint density at radius 3 is 2.48 bits per heavy atom. The minimum atomic E-state index is -0.229. The highest BCUT2D eigenvalue weighted by Gasteiger charge is 2.43. The van der Waals surface area contributed by atoms with E-state index in [4.69, 9.17) is 9.47 Å². The molecule has 6 nitrogen and oxygen atoms in total. The number of rotatable bonds is 7. The summed E-state index contributed by atoms with van der Waals surface area (Å²) in [5, 5.41) is 2.93. The van der Waals surface area contributed by atoms with Crippen LogP contribution in [0.3, 0.4) is 0 Å². The van der Waals surface area contributed by atoms with Crippen molar-refractivity contribution in [2.24, 2.45) is 11.8 Å². The third kappa shape index (κ3) is 4.12. The van der Waals surface area contributed by atoms with Crippen molar-refractivity contribution < 1.29 is 19.1 Å². The largest absolute Gasteiger partial charge is 0.497 e. The maximum Gasteiger partial charge on any atom is 0.225 e. The molecule has 6 heteroatoms. The smallest absolute Gasteiger partial charge is 0.225 e. The molecule has 1 N–H and O–H groups in total. The van der Waals surface area contributed by atoms with Crippen LogP contribution in [0.5, 0.6) is 5.75 Å². The van der Waals surface area contributed by atoms with Gasteiger partial charge >= 0.3 is 0 Å². The molecular formula is C19H26N2O4. The molecular weight excluding hydrogens is 320 g/mol. The van der Waals surface area contributed by atoms with Crippen molar-refractivity contribution in [3.63, 3.8) is 0 Å². The van der Waals surface area contributed by atoms with Crippen LogP contribution in [0.4, 0.5) is 0 Å². The van der Waals surface area contributed by atoms with Gasteiger partial charge in [-0.15, -0.1) is 0 Å². The van der Waals surface area contributed by atoms with E-state index in [2.05, 4.69) is 5.32 Å². The van der Waals surface area contributed by atoms with Gasteiger partial charge in [-0.1, -0.05) is 12.1 Å². The van der Waals surface area contributed by atoms with Crippen molar-refractivity contribution in [2.75, 3.05) is 40.5 Å². The van der Waals surface area contributed by atoms with E-state index in [1.165, 1.54) is 0 Å². The Hall–Kier alpha value is -2.08. The van der Waals surface area contributed by atoms with Crippen LogP contribution in [0, 0.1) is 11.8 Å². The van der Waals surface area contributed by atoms with Gasteiger partial charge in [0, 0.05) is 38.6 Å². The lowest BCUT2D eigenvalue weighted by Gasteiger charge is -2.18. The van der Waals surface area contributed by atoms with Crippen LogP contribution in [0.2, 0.25) is 0 Å². The normalized spacial score (nSPS) is 22.7. The molecule has 1 saturated carbocycles. The van der Waals surface area contributed by atoms with E-state index in [1.807, 2.05) is 29.2 Å². The molecule has 0 aromatic heterocycles. The summed E-state index contributed by atoms with van der Waals surface area (Å²) in [4.78, 5) is 27.0. The molecule has 25 heavy (non-hydrogen) atoms. The van der Waals surface area contributed by atoms with E-state index in [0.29, 0.717) is 26.2 Å². The zero-order valence-corrected chi connectivity index (χ0v) is 14.9. The summed E-state index contributed by atoms with van der Waals surface area (Å²) >= 11 is 0. The summed E-state index contributed by atoms with van der Waals surface area (Å²) in [6, 6.07) is 7.79. The Morgan fingerprint density at radius 1 is 1.16 bits per heavy atom. The zero-order valence-electron chi connectivity index (χ0n) is 14.9. The third-order valence-electron chi connectivity index (χ3n) is 5.04. The minimum absolute atomic E-state index is 0.0102.